The molecule has 22 heavy (non-hydrogen) atoms. The summed E-state index contributed by atoms with van der Waals surface area (Å²) in [5.74, 6) is -1.69. The van der Waals surface area contributed by atoms with Gasteiger partial charge in [0.1, 0.15) is 5.82 Å². The minimum absolute atomic E-state index is 0.134. The summed E-state index contributed by atoms with van der Waals surface area (Å²) in [5, 5.41) is 8.87. The van der Waals surface area contributed by atoms with E-state index in [0.29, 0.717) is 32.0 Å². The van der Waals surface area contributed by atoms with E-state index in [1.807, 2.05) is 4.90 Å². The zero-order chi connectivity index (χ0) is 15.7. The Kier molecular flexibility index (Phi) is 3.84. The Morgan fingerprint density at radius 1 is 1.32 bits per heavy atom. The van der Waals surface area contributed by atoms with Crippen LogP contribution in [0.4, 0.5) is 20.6 Å². The highest BCUT2D eigenvalue weighted by atomic mass is 19.1. The number of rotatable bonds is 3. The van der Waals surface area contributed by atoms with Gasteiger partial charge in [-0.1, -0.05) is 0 Å². The van der Waals surface area contributed by atoms with E-state index in [4.69, 9.17) is 14.6 Å². The number of hydrogen-bond acceptors (Lipinski definition) is 5. The number of carbonyl (C=O) groups excluding carboxylic acids is 1. The van der Waals surface area contributed by atoms with Crippen LogP contribution in [0, 0.1) is 5.82 Å². The summed E-state index contributed by atoms with van der Waals surface area (Å²) in [6.07, 6.45) is -2.01. The molecule has 1 amide bonds. The van der Waals surface area contributed by atoms with E-state index < -0.39 is 24.0 Å². The second-order valence-electron chi connectivity index (χ2n) is 5.06. The Morgan fingerprint density at radius 3 is 2.64 bits per heavy atom. The lowest BCUT2D eigenvalue weighted by atomic mass is 10.2. The number of anilines is 2. The van der Waals surface area contributed by atoms with Gasteiger partial charge >= 0.3 is 12.1 Å². The molecule has 0 aromatic heterocycles. The monoisotopic (exact) mass is 310 g/mol. The third-order valence-corrected chi connectivity index (χ3v) is 3.68. The van der Waals surface area contributed by atoms with Gasteiger partial charge in [0.25, 0.3) is 0 Å². The molecule has 1 atom stereocenters. The van der Waals surface area contributed by atoms with Gasteiger partial charge in [-0.25, -0.2) is 14.0 Å². The van der Waals surface area contributed by atoms with Gasteiger partial charge in [-0.2, -0.15) is 0 Å². The fraction of sp³-hybridized carbons (Fsp3) is 0.429. The summed E-state index contributed by atoms with van der Waals surface area (Å²) in [7, 11) is 0. The smallest absolute Gasteiger partial charge is 0.415 e. The molecule has 3 rings (SSSR count). The molecule has 0 spiro atoms. The number of carbonyl (C=O) groups is 2. The van der Waals surface area contributed by atoms with E-state index in [9.17, 15) is 14.0 Å². The molecule has 0 radical (unpaired) electrons. The molecule has 2 fully saturated rings. The van der Waals surface area contributed by atoms with Gasteiger partial charge < -0.3 is 19.5 Å². The number of aliphatic carboxylic acids is 1. The molecule has 1 aromatic carbocycles. The van der Waals surface area contributed by atoms with Crippen LogP contribution in [0.25, 0.3) is 0 Å². The number of hydrogen-bond donors (Lipinski definition) is 1. The van der Waals surface area contributed by atoms with E-state index in [1.54, 1.807) is 12.1 Å². The average molecular weight is 310 g/mol. The zero-order valence-electron chi connectivity index (χ0n) is 11.7. The second kappa shape index (κ2) is 5.80. The number of nitrogens with zero attached hydrogens (tertiary/aromatic N) is 2. The van der Waals surface area contributed by atoms with Crippen molar-refractivity contribution in [2.45, 2.75) is 6.10 Å². The van der Waals surface area contributed by atoms with E-state index in [2.05, 4.69) is 0 Å². The van der Waals surface area contributed by atoms with Crippen molar-refractivity contribution in [2.24, 2.45) is 0 Å². The second-order valence-corrected chi connectivity index (χ2v) is 5.06. The number of ether oxygens (including phenoxy) is 2. The number of benzene rings is 1. The Labute approximate surface area is 125 Å². The highest BCUT2D eigenvalue weighted by Gasteiger charge is 2.37. The maximum atomic E-state index is 14.3. The van der Waals surface area contributed by atoms with E-state index in [-0.39, 0.29) is 12.2 Å². The predicted molar refractivity (Wildman–Crippen MR) is 74.7 cm³/mol. The Hall–Kier alpha value is -2.35. The van der Waals surface area contributed by atoms with Crippen molar-refractivity contribution < 1.29 is 28.6 Å². The van der Waals surface area contributed by atoms with Crippen LogP contribution in [0.5, 0.6) is 0 Å². The first kappa shape index (κ1) is 14.6. The summed E-state index contributed by atoms with van der Waals surface area (Å²) in [5.41, 5.74) is 0.720. The minimum atomic E-state index is -1.23. The molecule has 0 aliphatic carbocycles. The lowest BCUT2D eigenvalue weighted by Crippen LogP contribution is -2.36. The van der Waals surface area contributed by atoms with Crippen LogP contribution in [0.15, 0.2) is 18.2 Å². The number of amides is 1. The molecule has 2 saturated heterocycles. The molecular weight excluding hydrogens is 295 g/mol. The third-order valence-electron chi connectivity index (χ3n) is 3.68. The first-order valence-corrected chi connectivity index (χ1v) is 6.89. The van der Waals surface area contributed by atoms with Gasteiger partial charge in [0, 0.05) is 13.1 Å². The molecule has 118 valence electrons. The number of carboxylic acids is 1. The van der Waals surface area contributed by atoms with Crippen LogP contribution < -0.4 is 9.80 Å². The number of morpholine rings is 1. The number of halogens is 1. The van der Waals surface area contributed by atoms with Crippen molar-refractivity contribution in [1.82, 2.24) is 0 Å². The third kappa shape index (κ3) is 2.69. The van der Waals surface area contributed by atoms with Crippen LogP contribution in [0.3, 0.4) is 0 Å². The van der Waals surface area contributed by atoms with E-state index in [0.717, 1.165) is 4.90 Å². The van der Waals surface area contributed by atoms with Crippen molar-refractivity contribution in [3.8, 4) is 0 Å². The SMILES string of the molecule is O=C(O)C1CN(c2ccc(N3CCOCC3)c(F)c2)C(=O)O1. The van der Waals surface area contributed by atoms with Crippen molar-refractivity contribution in [3.05, 3.63) is 24.0 Å². The molecule has 7 nitrogen and oxygen atoms in total. The summed E-state index contributed by atoms with van der Waals surface area (Å²) < 4.78 is 24.2. The Balaban J connectivity index is 1.80. The number of cyclic esters (lactones) is 1. The summed E-state index contributed by atoms with van der Waals surface area (Å²) in [6.45, 7) is 2.15. The summed E-state index contributed by atoms with van der Waals surface area (Å²) >= 11 is 0. The molecule has 1 unspecified atom stereocenters. The van der Waals surface area contributed by atoms with E-state index >= 15 is 0 Å². The van der Waals surface area contributed by atoms with Gasteiger partial charge in [-0.3, -0.25) is 4.90 Å². The van der Waals surface area contributed by atoms with Gasteiger partial charge in [0.15, 0.2) is 0 Å². The lowest BCUT2D eigenvalue weighted by Gasteiger charge is -2.29. The lowest BCUT2D eigenvalue weighted by molar-refractivity contribution is -0.144. The fourth-order valence-corrected chi connectivity index (χ4v) is 2.53. The highest BCUT2D eigenvalue weighted by molar-refractivity contribution is 5.94. The van der Waals surface area contributed by atoms with Crippen LogP contribution in [0.2, 0.25) is 0 Å². The standard InChI is InChI=1S/C14H15FN2O5/c15-10-7-9(17-8-12(13(18)19)22-14(17)20)1-2-11(10)16-3-5-21-6-4-16/h1-2,7,12H,3-6,8H2,(H,18,19). The Morgan fingerprint density at radius 2 is 2.05 bits per heavy atom. The molecule has 1 N–H and O–H groups in total. The molecule has 2 heterocycles. The van der Waals surface area contributed by atoms with Crippen molar-refractivity contribution in [3.63, 3.8) is 0 Å². The largest absolute Gasteiger partial charge is 0.478 e. The summed E-state index contributed by atoms with van der Waals surface area (Å²) in [6, 6.07) is 4.38. The molecular formula is C14H15FN2O5. The molecule has 1 aromatic rings. The topological polar surface area (TPSA) is 79.3 Å². The van der Waals surface area contributed by atoms with Crippen LogP contribution in [0.1, 0.15) is 0 Å². The zero-order valence-corrected chi connectivity index (χ0v) is 11.7. The van der Waals surface area contributed by atoms with Crippen molar-refractivity contribution >= 4 is 23.4 Å². The number of carboxylic acid groups (broad SMARTS) is 1. The maximum Gasteiger partial charge on any atom is 0.415 e. The predicted octanol–water partition coefficient (Wildman–Crippen LogP) is 1.07. The van der Waals surface area contributed by atoms with Crippen LogP contribution in [-0.4, -0.2) is 56.1 Å². The molecule has 0 bridgehead atoms. The van der Waals surface area contributed by atoms with Crippen LogP contribution in [-0.2, 0) is 14.3 Å². The van der Waals surface area contributed by atoms with Gasteiger partial charge in [-0.05, 0) is 18.2 Å². The quantitative estimate of drug-likeness (QED) is 0.900. The van der Waals surface area contributed by atoms with Crippen molar-refractivity contribution in [1.29, 1.82) is 0 Å². The summed E-state index contributed by atoms with van der Waals surface area (Å²) in [4.78, 5) is 25.5. The van der Waals surface area contributed by atoms with Gasteiger partial charge in [-0.15, -0.1) is 0 Å². The molecule has 0 saturated carbocycles. The normalized spacial score (nSPS) is 21.9. The van der Waals surface area contributed by atoms with Crippen LogP contribution >= 0.6 is 0 Å². The minimum Gasteiger partial charge on any atom is -0.478 e. The maximum absolute atomic E-state index is 14.3. The first-order chi connectivity index (χ1) is 10.6. The Bertz CT molecular complexity index is 603. The molecule has 8 heteroatoms. The van der Waals surface area contributed by atoms with Gasteiger partial charge in [0.05, 0.1) is 31.1 Å². The molecule has 2 aliphatic rings. The first-order valence-electron chi connectivity index (χ1n) is 6.89. The highest BCUT2D eigenvalue weighted by Crippen LogP contribution is 2.28. The van der Waals surface area contributed by atoms with E-state index in [1.165, 1.54) is 6.07 Å². The van der Waals surface area contributed by atoms with Gasteiger partial charge in [0.2, 0.25) is 6.10 Å². The molecule has 2 aliphatic heterocycles. The van der Waals surface area contributed by atoms with Crippen molar-refractivity contribution in [2.75, 3.05) is 42.6 Å². The fourth-order valence-electron chi connectivity index (χ4n) is 2.53. The average Bonchev–Trinajstić information content (AvgIpc) is 2.90.